The van der Waals surface area contributed by atoms with Gasteiger partial charge < -0.3 is 14.9 Å². The molecule has 0 aromatic heterocycles. The van der Waals surface area contributed by atoms with Gasteiger partial charge >= 0.3 is 17.9 Å². The lowest BCUT2D eigenvalue weighted by Gasteiger charge is -2.13. The molecule has 6 nitrogen and oxygen atoms in total. The van der Waals surface area contributed by atoms with Gasteiger partial charge in [-0.15, -0.1) is 0 Å². The number of carboxylic acids is 2. The average molecular weight is 328 g/mol. The molecular weight excluding hydrogens is 300 g/mol. The van der Waals surface area contributed by atoms with Crippen LogP contribution in [0.4, 0.5) is 0 Å². The molecule has 23 heavy (non-hydrogen) atoms. The van der Waals surface area contributed by atoms with E-state index in [1.165, 1.54) is 6.92 Å². The maximum atomic E-state index is 11.3. The van der Waals surface area contributed by atoms with Gasteiger partial charge in [-0.05, 0) is 26.2 Å². The van der Waals surface area contributed by atoms with Crippen LogP contribution in [0.5, 0.6) is 0 Å². The van der Waals surface area contributed by atoms with Gasteiger partial charge in [-0.1, -0.05) is 45.6 Å². The molecular formula is C17H28O6. The Kier molecular flexibility index (Phi) is 10.7. The molecule has 0 radical (unpaired) electrons. The van der Waals surface area contributed by atoms with Crippen molar-refractivity contribution in [3.05, 3.63) is 12.2 Å². The van der Waals surface area contributed by atoms with E-state index in [0.29, 0.717) is 19.3 Å². The molecule has 0 bridgehead atoms. The van der Waals surface area contributed by atoms with Gasteiger partial charge in [0.2, 0.25) is 0 Å². The summed E-state index contributed by atoms with van der Waals surface area (Å²) in [6, 6.07) is 0. The summed E-state index contributed by atoms with van der Waals surface area (Å²) in [6.07, 6.45) is 5.23. The van der Waals surface area contributed by atoms with Crippen molar-refractivity contribution in [2.75, 3.05) is 0 Å². The van der Waals surface area contributed by atoms with Crippen LogP contribution in [0.2, 0.25) is 0 Å². The van der Waals surface area contributed by atoms with E-state index in [0.717, 1.165) is 32.1 Å². The lowest BCUT2D eigenvalue weighted by molar-refractivity contribution is -0.161. The monoisotopic (exact) mass is 328 g/mol. The minimum absolute atomic E-state index is 0.187. The summed E-state index contributed by atoms with van der Waals surface area (Å²) in [6.45, 7) is 6.61. The summed E-state index contributed by atoms with van der Waals surface area (Å²) >= 11 is 0. The van der Waals surface area contributed by atoms with Gasteiger partial charge in [0.25, 0.3) is 0 Å². The molecule has 2 atom stereocenters. The van der Waals surface area contributed by atoms with Gasteiger partial charge in [0.15, 0.2) is 6.10 Å². The Bertz CT molecular complexity index is 415. The molecule has 0 aliphatic rings. The maximum Gasteiger partial charge on any atom is 0.345 e. The van der Waals surface area contributed by atoms with E-state index in [4.69, 9.17) is 14.9 Å². The van der Waals surface area contributed by atoms with Gasteiger partial charge in [-0.2, -0.15) is 0 Å². The molecule has 0 rings (SSSR count). The molecule has 0 aliphatic carbocycles. The van der Waals surface area contributed by atoms with Crippen molar-refractivity contribution >= 4 is 17.9 Å². The molecule has 132 valence electrons. The Labute approximate surface area is 137 Å². The van der Waals surface area contributed by atoms with Crippen LogP contribution in [-0.2, 0) is 19.1 Å². The largest absolute Gasteiger partial charge is 0.481 e. The van der Waals surface area contributed by atoms with E-state index >= 15 is 0 Å². The molecule has 0 saturated heterocycles. The number of aliphatic carboxylic acids is 2. The fourth-order valence-electron chi connectivity index (χ4n) is 2.07. The number of unbranched alkanes of at least 4 members (excludes halogenated alkanes) is 5. The first-order valence-electron chi connectivity index (χ1n) is 8.07. The second-order valence-electron chi connectivity index (χ2n) is 5.95. The van der Waals surface area contributed by atoms with Crippen LogP contribution < -0.4 is 0 Å². The fourth-order valence-corrected chi connectivity index (χ4v) is 2.07. The predicted octanol–water partition coefficient (Wildman–Crippen LogP) is 3.40. The predicted molar refractivity (Wildman–Crippen MR) is 86.1 cm³/mol. The highest BCUT2D eigenvalue weighted by Gasteiger charge is 2.21. The number of carboxylic acid groups (broad SMARTS) is 2. The zero-order valence-electron chi connectivity index (χ0n) is 14.0. The van der Waals surface area contributed by atoms with Gasteiger partial charge in [0.1, 0.15) is 0 Å². The normalized spacial score (nSPS) is 13.1. The van der Waals surface area contributed by atoms with Gasteiger partial charge in [0.05, 0.1) is 5.92 Å². The zero-order chi connectivity index (χ0) is 17.8. The van der Waals surface area contributed by atoms with Gasteiger partial charge in [-0.25, -0.2) is 9.59 Å². The quantitative estimate of drug-likeness (QED) is 0.305. The van der Waals surface area contributed by atoms with Crippen LogP contribution in [0.25, 0.3) is 0 Å². The van der Waals surface area contributed by atoms with Crippen molar-refractivity contribution in [2.45, 2.75) is 71.3 Å². The van der Waals surface area contributed by atoms with E-state index in [1.807, 2.05) is 0 Å². The molecule has 0 saturated carbocycles. The molecule has 0 aromatic rings. The molecule has 0 aliphatic heterocycles. The Morgan fingerprint density at radius 3 is 1.83 bits per heavy atom. The Morgan fingerprint density at radius 2 is 1.39 bits per heavy atom. The summed E-state index contributed by atoms with van der Waals surface area (Å²) in [5.74, 6) is -2.87. The van der Waals surface area contributed by atoms with E-state index in [1.54, 1.807) is 6.92 Å². The van der Waals surface area contributed by atoms with E-state index < -0.39 is 24.0 Å². The number of carbonyl (C=O) groups is 3. The smallest absolute Gasteiger partial charge is 0.345 e. The van der Waals surface area contributed by atoms with Crippen molar-refractivity contribution in [1.82, 2.24) is 0 Å². The van der Waals surface area contributed by atoms with Crippen LogP contribution in [-0.4, -0.2) is 34.2 Å². The van der Waals surface area contributed by atoms with Crippen LogP contribution in [0.15, 0.2) is 12.2 Å². The number of esters is 1. The highest BCUT2D eigenvalue weighted by molar-refractivity contribution is 5.89. The van der Waals surface area contributed by atoms with Crippen molar-refractivity contribution in [2.24, 2.45) is 5.92 Å². The lowest BCUT2D eigenvalue weighted by atomic mass is 10.0. The van der Waals surface area contributed by atoms with Gasteiger partial charge in [-0.3, -0.25) is 4.79 Å². The zero-order valence-corrected chi connectivity index (χ0v) is 14.0. The Hall–Kier alpha value is -1.85. The third-order valence-electron chi connectivity index (χ3n) is 3.65. The molecule has 2 unspecified atom stereocenters. The SMILES string of the molecule is C=C(C)C(=O)OC(CCCCCCCCC(C)C(=O)O)C(=O)O. The van der Waals surface area contributed by atoms with Crippen molar-refractivity contribution in [3.63, 3.8) is 0 Å². The number of rotatable bonds is 13. The number of carbonyl (C=O) groups excluding carboxylic acids is 1. The van der Waals surface area contributed by atoms with Crippen LogP contribution in [0, 0.1) is 5.92 Å². The maximum absolute atomic E-state index is 11.3. The molecule has 0 spiro atoms. The third kappa shape index (κ3) is 10.5. The highest BCUT2D eigenvalue weighted by Crippen LogP contribution is 2.14. The molecule has 6 heteroatoms. The number of hydrogen-bond acceptors (Lipinski definition) is 4. The standard InChI is InChI=1S/C17H28O6/c1-12(2)17(22)23-14(16(20)21)11-9-7-5-4-6-8-10-13(3)15(18)19/h13-14H,1,4-11H2,2-3H3,(H,18,19)(H,20,21). The van der Waals surface area contributed by atoms with Gasteiger partial charge in [0, 0.05) is 5.57 Å². The molecule has 0 amide bonds. The summed E-state index contributed by atoms with van der Waals surface area (Å²) in [5, 5.41) is 17.8. The molecule has 2 N–H and O–H groups in total. The second-order valence-corrected chi connectivity index (χ2v) is 5.95. The topological polar surface area (TPSA) is 101 Å². The third-order valence-corrected chi connectivity index (χ3v) is 3.65. The van der Waals surface area contributed by atoms with Crippen LogP contribution in [0.3, 0.4) is 0 Å². The lowest BCUT2D eigenvalue weighted by Crippen LogP contribution is -2.27. The second kappa shape index (κ2) is 11.7. The van der Waals surface area contributed by atoms with Crippen molar-refractivity contribution in [1.29, 1.82) is 0 Å². The minimum atomic E-state index is -1.14. The van der Waals surface area contributed by atoms with E-state index in [-0.39, 0.29) is 11.5 Å². The van der Waals surface area contributed by atoms with E-state index in [9.17, 15) is 14.4 Å². The summed E-state index contributed by atoms with van der Waals surface area (Å²) < 4.78 is 4.87. The minimum Gasteiger partial charge on any atom is -0.481 e. The Morgan fingerprint density at radius 1 is 0.913 bits per heavy atom. The van der Waals surface area contributed by atoms with Crippen LogP contribution in [0.1, 0.15) is 65.2 Å². The first-order valence-corrected chi connectivity index (χ1v) is 8.07. The number of ether oxygens (including phenoxy) is 1. The Balaban J connectivity index is 3.75. The summed E-state index contributed by atoms with van der Waals surface area (Å²) in [5.41, 5.74) is 0.187. The molecule has 0 fully saturated rings. The summed E-state index contributed by atoms with van der Waals surface area (Å²) in [7, 11) is 0. The first kappa shape index (κ1) is 21.1. The molecule has 0 heterocycles. The first-order chi connectivity index (χ1) is 10.8. The average Bonchev–Trinajstić information content (AvgIpc) is 2.47. The van der Waals surface area contributed by atoms with Crippen LogP contribution >= 0.6 is 0 Å². The highest BCUT2D eigenvalue weighted by atomic mass is 16.6. The van der Waals surface area contributed by atoms with E-state index in [2.05, 4.69) is 6.58 Å². The van der Waals surface area contributed by atoms with Crippen molar-refractivity contribution < 1.29 is 29.3 Å². The fraction of sp³-hybridized carbons (Fsp3) is 0.706. The number of hydrogen-bond donors (Lipinski definition) is 2. The summed E-state index contributed by atoms with van der Waals surface area (Å²) in [4.78, 5) is 33.0. The van der Waals surface area contributed by atoms with Crippen molar-refractivity contribution in [3.8, 4) is 0 Å². The molecule has 0 aromatic carbocycles.